The first kappa shape index (κ1) is 16.4. The third-order valence-electron chi connectivity index (χ3n) is 4.28. The molecular formula is C17H24N4OS. The third-order valence-corrected chi connectivity index (χ3v) is 5.38. The summed E-state index contributed by atoms with van der Waals surface area (Å²) in [6.07, 6.45) is 3.15. The number of hydrogen-bond donors (Lipinski definition) is 2. The van der Waals surface area contributed by atoms with Crippen molar-refractivity contribution in [2.45, 2.75) is 25.3 Å². The van der Waals surface area contributed by atoms with E-state index < -0.39 is 0 Å². The van der Waals surface area contributed by atoms with E-state index in [1.54, 1.807) is 11.3 Å². The number of piperidine rings is 1. The second-order valence-corrected chi connectivity index (χ2v) is 7.15. The fourth-order valence-electron chi connectivity index (χ4n) is 3.03. The molecule has 1 aliphatic rings. The molecule has 1 unspecified atom stereocenters. The molecule has 1 saturated heterocycles. The summed E-state index contributed by atoms with van der Waals surface area (Å²) in [5, 5.41) is 7.41. The highest BCUT2D eigenvalue weighted by molar-refractivity contribution is 7.18. The second kappa shape index (κ2) is 7.86. The molecule has 0 spiro atoms. The van der Waals surface area contributed by atoms with Gasteiger partial charge >= 0.3 is 0 Å². The van der Waals surface area contributed by atoms with Crippen LogP contribution in [0.4, 0.5) is 0 Å². The molecule has 0 saturated carbocycles. The van der Waals surface area contributed by atoms with Crippen LogP contribution in [-0.4, -0.2) is 55.1 Å². The molecule has 1 amide bonds. The fraction of sp³-hybridized carbons (Fsp3) is 0.529. The van der Waals surface area contributed by atoms with E-state index in [2.05, 4.69) is 26.6 Å². The number of benzene rings is 1. The number of rotatable bonds is 6. The number of carbonyl (C=O) groups excluding carboxylic acids is 1. The number of nitrogens with zero attached hydrogens (tertiary/aromatic N) is 2. The zero-order valence-electron chi connectivity index (χ0n) is 13.5. The topological polar surface area (TPSA) is 57.3 Å². The number of hydrogen-bond acceptors (Lipinski definition) is 5. The van der Waals surface area contributed by atoms with Crippen molar-refractivity contribution in [3.8, 4) is 0 Å². The molecule has 1 fully saturated rings. The summed E-state index contributed by atoms with van der Waals surface area (Å²) in [5.74, 6) is 0.114. The van der Waals surface area contributed by atoms with Crippen LogP contribution >= 0.6 is 11.3 Å². The van der Waals surface area contributed by atoms with Gasteiger partial charge in [0, 0.05) is 25.6 Å². The maximum atomic E-state index is 12.1. The van der Waals surface area contributed by atoms with Gasteiger partial charge in [0.2, 0.25) is 5.91 Å². The molecule has 5 nitrogen and oxygen atoms in total. The highest BCUT2D eigenvalue weighted by atomic mass is 32.1. The van der Waals surface area contributed by atoms with Crippen molar-refractivity contribution in [3.63, 3.8) is 0 Å². The lowest BCUT2D eigenvalue weighted by atomic mass is 10.1. The Kier molecular flexibility index (Phi) is 5.59. The number of likely N-dealkylation sites (N-methyl/N-ethyl adjacent to an activating group) is 1. The lowest BCUT2D eigenvalue weighted by Crippen LogP contribution is -2.48. The normalized spacial score (nSPS) is 19.1. The Labute approximate surface area is 141 Å². The summed E-state index contributed by atoms with van der Waals surface area (Å²) in [5.41, 5.74) is 1.05. The van der Waals surface area contributed by atoms with Gasteiger partial charge in [-0.1, -0.05) is 12.1 Å². The van der Waals surface area contributed by atoms with Crippen LogP contribution in [0.1, 0.15) is 17.8 Å². The van der Waals surface area contributed by atoms with Gasteiger partial charge in [0.05, 0.1) is 21.8 Å². The van der Waals surface area contributed by atoms with Gasteiger partial charge in [0.15, 0.2) is 0 Å². The minimum Gasteiger partial charge on any atom is -0.355 e. The van der Waals surface area contributed by atoms with Crippen LogP contribution in [0.25, 0.3) is 10.2 Å². The van der Waals surface area contributed by atoms with Gasteiger partial charge in [0.1, 0.15) is 0 Å². The highest BCUT2D eigenvalue weighted by Gasteiger charge is 2.20. The Morgan fingerprint density at radius 2 is 2.30 bits per heavy atom. The number of likely N-dealkylation sites (tertiary alicyclic amines) is 1. The Morgan fingerprint density at radius 1 is 1.43 bits per heavy atom. The van der Waals surface area contributed by atoms with E-state index in [0.717, 1.165) is 36.5 Å². The number of carbonyl (C=O) groups is 1. The minimum absolute atomic E-state index is 0.114. The van der Waals surface area contributed by atoms with Crippen molar-refractivity contribution in [1.82, 2.24) is 20.5 Å². The number of para-hydroxylation sites is 1. The molecule has 23 heavy (non-hydrogen) atoms. The summed E-state index contributed by atoms with van der Waals surface area (Å²) in [7, 11) is 1.99. The predicted molar refractivity (Wildman–Crippen MR) is 94.9 cm³/mol. The summed E-state index contributed by atoms with van der Waals surface area (Å²) in [6, 6.07) is 8.67. The van der Waals surface area contributed by atoms with Crippen LogP contribution in [0, 0.1) is 0 Å². The molecule has 0 radical (unpaired) electrons. The molecule has 0 bridgehead atoms. The Hall–Kier alpha value is -1.50. The molecule has 3 rings (SSSR count). The van der Waals surface area contributed by atoms with E-state index in [9.17, 15) is 4.79 Å². The summed E-state index contributed by atoms with van der Waals surface area (Å²) >= 11 is 1.71. The highest BCUT2D eigenvalue weighted by Crippen LogP contribution is 2.21. The largest absolute Gasteiger partial charge is 0.355 e. The van der Waals surface area contributed by atoms with Crippen LogP contribution in [0.15, 0.2) is 24.3 Å². The van der Waals surface area contributed by atoms with Crippen LogP contribution in [0.5, 0.6) is 0 Å². The summed E-state index contributed by atoms with van der Waals surface area (Å²) in [4.78, 5) is 18.9. The number of nitrogens with one attached hydrogen (secondary N) is 2. The van der Waals surface area contributed by atoms with Crippen molar-refractivity contribution < 1.29 is 4.79 Å². The van der Waals surface area contributed by atoms with E-state index in [-0.39, 0.29) is 5.91 Å². The average Bonchev–Trinajstić information content (AvgIpc) is 2.97. The first-order valence-corrected chi connectivity index (χ1v) is 9.07. The molecule has 1 aliphatic heterocycles. The van der Waals surface area contributed by atoms with Gasteiger partial charge in [-0.05, 0) is 38.6 Å². The van der Waals surface area contributed by atoms with Crippen LogP contribution in [-0.2, 0) is 11.2 Å². The van der Waals surface area contributed by atoms with E-state index >= 15 is 0 Å². The molecule has 6 heteroatoms. The quantitative estimate of drug-likeness (QED) is 0.844. The smallest absolute Gasteiger partial charge is 0.234 e. The zero-order chi connectivity index (χ0) is 16.1. The number of fused-ring (bicyclic) bond motifs is 1. The lowest BCUT2D eigenvalue weighted by molar-refractivity contribution is -0.122. The average molecular weight is 332 g/mol. The molecule has 124 valence electrons. The predicted octanol–water partition coefficient (Wildman–Crippen LogP) is 1.64. The van der Waals surface area contributed by atoms with Crippen molar-refractivity contribution in [1.29, 1.82) is 0 Å². The molecule has 1 aromatic carbocycles. The fourth-order valence-corrected chi connectivity index (χ4v) is 4.00. The Balaban J connectivity index is 1.42. The van der Waals surface area contributed by atoms with Crippen molar-refractivity contribution in [2.75, 3.05) is 33.2 Å². The zero-order valence-corrected chi connectivity index (χ0v) is 14.4. The summed E-state index contributed by atoms with van der Waals surface area (Å²) in [6.45, 7) is 3.13. The van der Waals surface area contributed by atoms with Crippen molar-refractivity contribution in [2.24, 2.45) is 0 Å². The lowest BCUT2D eigenvalue weighted by Gasteiger charge is -2.31. The van der Waals surface area contributed by atoms with Crippen molar-refractivity contribution in [3.05, 3.63) is 29.3 Å². The molecule has 2 heterocycles. The number of aromatic nitrogens is 1. The van der Waals surface area contributed by atoms with Gasteiger partial charge in [-0.15, -0.1) is 11.3 Å². The van der Waals surface area contributed by atoms with Gasteiger partial charge in [-0.25, -0.2) is 4.98 Å². The number of amides is 1. The first-order valence-electron chi connectivity index (χ1n) is 8.25. The molecule has 1 aromatic heterocycles. The first-order chi connectivity index (χ1) is 11.2. The second-order valence-electron chi connectivity index (χ2n) is 6.04. The monoisotopic (exact) mass is 332 g/mol. The van der Waals surface area contributed by atoms with Gasteiger partial charge in [-0.2, -0.15) is 0 Å². The van der Waals surface area contributed by atoms with Gasteiger partial charge in [0.25, 0.3) is 0 Å². The molecule has 1 atom stereocenters. The van der Waals surface area contributed by atoms with Crippen molar-refractivity contribution >= 4 is 27.5 Å². The maximum Gasteiger partial charge on any atom is 0.234 e. The standard InChI is InChI=1S/C17H24N4OS/c1-18-13-5-4-10-21(11-13)12-16(22)19-9-8-17-20-14-6-2-3-7-15(14)23-17/h2-3,6-7,13,18H,4-5,8-12H2,1H3,(H,19,22). The maximum absolute atomic E-state index is 12.1. The third kappa shape index (κ3) is 4.50. The molecule has 0 aliphatic carbocycles. The van der Waals surface area contributed by atoms with Crippen LogP contribution in [0.3, 0.4) is 0 Å². The van der Waals surface area contributed by atoms with E-state index in [4.69, 9.17) is 0 Å². The van der Waals surface area contributed by atoms with Crippen LogP contribution in [0.2, 0.25) is 0 Å². The molecule has 2 aromatic rings. The van der Waals surface area contributed by atoms with E-state index in [1.807, 2.05) is 25.2 Å². The summed E-state index contributed by atoms with van der Waals surface area (Å²) < 4.78 is 1.21. The molecular weight excluding hydrogens is 308 g/mol. The van der Waals surface area contributed by atoms with E-state index in [1.165, 1.54) is 11.1 Å². The number of thiazole rings is 1. The van der Waals surface area contributed by atoms with Crippen LogP contribution < -0.4 is 10.6 Å². The molecule has 2 N–H and O–H groups in total. The Bertz CT molecular complexity index is 624. The Morgan fingerprint density at radius 3 is 3.13 bits per heavy atom. The van der Waals surface area contributed by atoms with Gasteiger partial charge in [-0.3, -0.25) is 9.69 Å². The SMILES string of the molecule is CNC1CCCN(CC(=O)NCCc2nc3ccccc3s2)C1. The minimum atomic E-state index is 0.114. The van der Waals surface area contributed by atoms with E-state index in [0.29, 0.717) is 19.1 Å². The van der Waals surface area contributed by atoms with Gasteiger partial charge < -0.3 is 10.6 Å².